The number of aliphatic hydroxyl groups is 1. The Morgan fingerprint density at radius 2 is 2.05 bits per heavy atom. The average molecular weight is 336 g/mol. The fraction of sp³-hybridized carbons (Fsp3) is 0.364. The summed E-state index contributed by atoms with van der Waals surface area (Å²) in [5.41, 5.74) is -3.45. The Balaban J connectivity index is 3.19. The number of nitro groups is 1. The summed E-state index contributed by atoms with van der Waals surface area (Å²) in [7, 11) is -4.44. The first kappa shape index (κ1) is 17.9. The van der Waals surface area contributed by atoms with Crippen LogP contribution >= 0.6 is 0 Å². The second-order valence-electron chi connectivity index (χ2n) is 4.71. The van der Waals surface area contributed by atoms with Gasteiger partial charge in [0, 0.05) is 6.07 Å². The van der Waals surface area contributed by atoms with Crippen LogP contribution in [0.2, 0.25) is 0 Å². The molecule has 0 aliphatic heterocycles. The second-order valence-corrected chi connectivity index (χ2v) is 6.48. The highest BCUT2D eigenvalue weighted by Gasteiger charge is 2.32. The van der Waals surface area contributed by atoms with E-state index >= 15 is 0 Å². The van der Waals surface area contributed by atoms with Gasteiger partial charge in [-0.25, -0.2) is 22.3 Å². The van der Waals surface area contributed by atoms with Gasteiger partial charge < -0.3 is 10.2 Å². The maximum absolute atomic E-state index is 13.6. The van der Waals surface area contributed by atoms with E-state index in [4.69, 9.17) is 5.11 Å². The van der Waals surface area contributed by atoms with Crippen molar-refractivity contribution in [2.75, 3.05) is 6.54 Å². The summed E-state index contributed by atoms with van der Waals surface area (Å²) in [5, 5.41) is 28.9. The highest BCUT2D eigenvalue weighted by atomic mass is 32.2. The van der Waals surface area contributed by atoms with E-state index in [1.54, 1.807) is 4.72 Å². The highest BCUT2D eigenvalue weighted by Crippen LogP contribution is 2.25. The predicted molar refractivity (Wildman–Crippen MR) is 71.2 cm³/mol. The molecule has 0 radical (unpaired) electrons. The van der Waals surface area contributed by atoms with Gasteiger partial charge in [0.25, 0.3) is 5.69 Å². The Labute approximate surface area is 124 Å². The first-order valence-electron chi connectivity index (χ1n) is 5.78. The second kappa shape index (κ2) is 5.94. The number of sulfonamides is 1. The third kappa shape index (κ3) is 3.75. The van der Waals surface area contributed by atoms with Crippen LogP contribution in [0.15, 0.2) is 17.0 Å². The molecule has 0 heterocycles. The van der Waals surface area contributed by atoms with Gasteiger partial charge >= 0.3 is 5.97 Å². The number of aliphatic carboxylic acids is 1. The van der Waals surface area contributed by atoms with Gasteiger partial charge in [0.15, 0.2) is 5.60 Å². The largest absolute Gasteiger partial charge is 0.479 e. The lowest BCUT2D eigenvalue weighted by molar-refractivity contribution is -0.385. The summed E-state index contributed by atoms with van der Waals surface area (Å²) in [6, 6.07) is 1.22. The third-order valence-electron chi connectivity index (χ3n) is 2.86. The minimum Gasteiger partial charge on any atom is -0.479 e. The molecular formula is C11H13FN2O7S. The van der Waals surface area contributed by atoms with E-state index < -0.39 is 49.5 Å². The zero-order chi connectivity index (χ0) is 17.3. The fourth-order valence-electron chi connectivity index (χ4n) is 1.38. The minimum absolute atomic E-state index is 0.332. The van der Waals surface area contributed by atoms with Crippen LogP contribution in [0.1, 0.15) is 12.5 Å². The van der Waals surface area contributed by atoms with E-state index in [1.807, 2.05) is 0 Å². The molecule has 0 bridgehead atoms. The van der Waals surface area contributed by atoms with Gasteiger partial charge in [0.1, 0.15) is 5.82 Å². The summed E-state index contributed by atoms with van der Waals surface area (Å²) in [6.07, 6.45) is 0. The lowest BCUT2D eigenvalue weighted by atomic mass is 10.1. The molecule has 9 nitrogen and oxygen atoms in total. The highest BCUT2D eigenvalue weighted by molar-refractivity contribution is 7.89. The fourth-order valence-corrected chi connectivity index (χ4v) is 2.54. The van der Waals surface area contributed by atoms with E-state index in [2.05, 4.69) is 0 Å². The molecule has 3 N–H and O–H groups in total. The van der Waals surface area contributed by atoms with E-state index in [0.29, 0.717) is 12.1 Å². The summed E-state index contributed by atoms with van der Waals surface area (Å²) in [6.45, 7) is 1.08. The number of carboxylic acids is 1. The van der Waals surface area contributed by atoms with E-state index in [0.717, 1.165) is 13.8 Å². The van der Waals surface area contributed by atoms with Crippen LogP contribution in [-0.4, -0.2) is 41.7 Å². The molecule has 0 saturated carbocycles. The third-order valence-corrected chi connectivity index (χ3v) is 4.25. The Bertz CT molecular complexity index is 730. The van der Waals surface area contributed by atoms with Crippen molar-refractivity contribution in [3.8, 4) is 0 Å². The number of nitrogens with zero attached hydrogens (tertiary/aromatic N) is 1. The molecule has 1 atom stereocenters. The van der Waals surface area contributed by atoms with Gasteiger partial charge in [0.2, 0.25) is 10.0 Å². The first-order valence-corrected chi connectivity index (χ1v) is 7.27. The maximum atomic E-state index is 13.6. The van der Waals surface area contributed by atoms with Crippen molar-refractivity contribution in [2.24, 2.45) is 0 Å². The number of halogens is 1. The van der Waals surface area contributed by atoms with Crippen LogP contribution in [-0.2, 0) is 14.8 Å². The molecule has 0 spiro atoms. The number of hydrogen-bond donors (Lipinski definition) is 3. The predicted octanol–water partition coefficient (Wildman–Crippen LogP) is 0.156. The zero-order valence-electron chi connectivity index (χ0n) is 11.5. The Morgan fingerprint density at radius 1 is 1.50 bits per heavy atom. The first-order chi connectivity index (χ1) is 9.88. The molecule has 1 aromatic rings. The van der Waals surface area contributed by atoms with Gasteiger partial charge in [-0.05, 0) is 19.9 Å². The van der Waals surface area contributed by atoms with Crippen molar-refractivity contribution >= 4 is 21.7 Å². The summed E-state index contributed by atoms with van der Waals surface area (Å²) in [5.74, 6) is -2.77. The van der Waals surface area contributed by atoms with Crippen molar-refractivity contribution in [1.82, 2.24) is 4.72 Å². The molecule has 0 aromatic heterocycles. The molecule has 0 amide bonds. The number of hydrogen-bond acceptors (Lipinski definition) is 6. The van der Waals surface area contributed by atoms with Gasteiger partial charge in [-0.3, -0.25) is 10.1 Å². The number of carboxylic acid groups (broad SMARTS) is 1. The number of nitro benzene ring substituents is 1. The van der Waals surface area contributed by atoms with E-state index in [-0.39, 0.29) is 5.56 Å². The van der Waals surface area contributed by atoms with Gasteiger partial charge in [0.05, 0.1) is 21.9 Å². The summed E-state index contributed by atoms with van der Waals surface area (Å²) >= 11 is 0. The van der Waals surface area contributed by atoms with Crippen LogP contribution in [0.3, 0.4) is 0 Å². The van der Waals surface area contributed by atoms with Crippen molar-refractivity contribution < 1.29 is 32.7 Å². The van der Waals surface area contributed by atoms with Crippen molar-refractivity contribution in [1.29, 1.82) is 0 Å². The monoisotopic (exact) mass is 336 g/mol. The normalized spacial score (nSPS) is 14.4. The van der Waals surface area contributed by atoms with Gasteiger partial charge in [-0.1, -0.05) is 0 Å². The van der Waals surface area contributed by atoms with Crippen LogP contribution in [0.5, 0.6) is 0 Å². The average Bonchev–Trinajstić information content (AvgIpc) is 2.39. The minimum atomic E-state index is -4.44. The number of carbonyl (C=O) groups is 1. The van der Waals surface area contributed by atoms with Gasteiger partial charge in [-0.15, -0.1) is 0 Å². The number of benzene rings is 1. The number of nitrogens with one attached hydrogen (secondary N) is 1. The standard InChI is InChI=1S/C11H13FN2O7S/c1-6-8(12)3-7(4-9(6)14(18)19)22(20,21)13-5-11(2,17)10(15)16/h3-4,13,17H,5H2,1-2H3,(H,15,16). The topological polar surface area (TPSA) is 147 Å². The van der Waals surface area contributed by atoms with Crippen molar-refractivity contribution in [3.63, 3.8) is 0 Å². The van der Waals surface area contributed by atoms with Crippen LogP contribution < -0.4 is 4.72 Å². The van der Waals surface area contributed by atoms with Crippen molar-refractivity contribution in [3.05, 3.63) is 33.6 Å². The molecule has 0 aliphatic carbocycles. The zero-order valence-corrected chi connectivity index (χ0v) is 12.3. The van der Waals surface area contributed by atoms with E-state index in [1.165, 1.54) is 0 Å². The molecule has 0 saturated heterocycles. The molecule has 1 unspecified atom stereocenters. The maximum Gasteiger partial charge on any atom is 0.336 e. The Hall–Kier alpha value is -2.11. The van der Waals surface area contributed by atoms with Gasteiger partial charge in [-0.2, -0.15) is 0 Å². The van der Waals surface area contributed by atoms with E-state index in [9.17, 15) is 32.8 Å². The molecule has 0 aliphatic rings. The smallest absolute Gasteiger partial charge is 0.336 e. The van der Waals surface area contributed by atoms with Crippen LogP contribution in [0.4, 0.5) is 10.1 Å². The summed E-state index contributed by atoms with van der Waals surface area (Å²) < 4.78 is 39.2. The lowest BCUT2D eigenvalue weighted by Crippen LogP contribution is -2.46. The quantitative estimate of drug-likeness (QED) is 0.495. The molecule has 22 heavy (non-hydrogen) atoms. The van der Waals surface area contributed by atoms with Crippen LogP contribution in [0.25, 0.3) is 0 Å². The number of rotatable bonds is 6. The van der Waals surface area contributed by atoms with Crippen molar-refractivity contribution in [2.45, 2.75) is 24.3 Å². The molecule has 11 heteroatoms. The molecule has 122 valence electrons. The molecule has 1 rings (SSSR count). The lowest BCUT2D eigenvalue weighted by Gasteiger charge is -2.18. The molecule has 0 fully saturated rings. The van der Waals surface area contributed by atoms with Crippen LogP contribution in [0, 0.1) is 22.9 Å². The Morgan fingerprint density at radius 3 is 2.50 bits per heavy atom. The SMILES string of the molecule is Cc1c(F)cc(S(=O)(=O)NCC(C)(O)C(=O)O)cc1[N+](=O)[O-]. The molecule has 1 aromatic carbocycles. The summed E-state index contributed by atoms with van der Waals surface area (Å²) in [4.78, 5) is 19.8. The molecular weight excluding hydrogens is 323 g/mol. The Kier molecular flexibility index (Phi) is 4.85.